The highest BCUT2D eigenvalue weighted by atomic mass is 16.5. The summed E-state index contributed by atoms with van der Waals surface area (Å²) >= 11 is 0. The second-order valence-corrected chi connectivity index (χ2v) is 5.58. The summed E-state index contributed by atoms with van der Waals surface area (Å²) in [4.78, 5) is 11.9. The van der Waals surface area contributed by atoms with Crippen LogP contribution in [0, 0.1) is 0 Å². The van der Waals surface area contributed by atoms with Crippen LogP contribution in [0.3, 0.4) is 0 Å². The molecule has 26 heavy (non-hydrogen) atoms. The first kappa shape index (κ1) is 19.3. The topological polar surface area (TPSA) is 69.2 Å². The summed E-state index contributed by atoms with van der Waals surface area (Å²) in [5.74, 6) is 1.61. The zero-order valence-electron chi connectivity index (χ0n) is 15.5. The summed E-state index contributed by atoms with van der Waals surface area (Å²) in [5.41, 5.74) is 5.09. The lowest BCUT2D eigenvalue weighted by molar-refractivity contribution is -0.123. The molecule has 1 N–H and O–H groups in total. The van der Waals surface area contributed by atoms with Crippen molar-refractivity contribution in [2.24, 2.45) is 5.10 Å². The summed E-state index contributed by atoms with van der Waals surface area (Å²) in [6.45, 7) is 3.76. The van der Waals surface area contributed by atoms with Gasteiger partial charge in [-0.15, -0.1) is 0 Å². The van der Waals surface area contributed by atoms with Crippen LogP contribution in [-0.4, -0.2) is 32.4 Å². The van der Waals surface area contributed by atoms with Gasteiger partial charge in [-0.05, 0) is 43.2 Å². The van der Waals surface area contributed by atoms with Gasteiger partial charge in [0.05, 0.1) is 19.9 Å². The minimum Gasteiger partial charge on any atom is -0.497 e. The molecule has 6 heteroatoms. The number of benzene rings is 2. The van der Waals surface area contributed by atoms with E-state index in [1.165, 1.54) is 5.56 Å². The Morgan fingerprint density at radius 2 is 1.73 bits per heavy atom. The van der Waals surface area contributed by atoms with E-state index in [0.29, 0.717) is 23.0 Å². The monoisotopic (exact) mass is 356 g/mol. The molecule has 138 valence electrons. The van der Waals surface area contributed by atoms with Gasteiger partial charge >= 0.3 is 0 Å². The molecule has 2 aromatic rings. The van der Waals surface area contributed by atoms with Crippen LogP contribution in [0.2, 0.25) is 0 Å². The number of carbonyl (C=O) groups is 1. The van der Waals surface area contributed by atoms with E-state index in [1.54, 1.807) is 27.2 Å². The van der Waals surface area contributed by atoms with Crippen molar-refractivity contribution in [3.63, 3.8) is 0 Å². The number of hydrogen-bond acceptors (Lipinski definition) is 5. The van der Waals surface area contributed by atoms with E-state index in [-0.39, 0.29) is 12.5 Å². The Labute approximate surface area is 153 Å². The van der Waals surface area contributed by atoms with Crippen LogP contribution in [-0.2, 0) is 11.2 Å². The fraction of sp³-hybridized carbons (Fsp3) is 0.300. The molecule has 0 unspecified atom stereocenters. The van der Waals surface area contributed by atoms with Crippen LogP contribution in [0.1, 0.15) is 25.0 Å². The van der Waals surface area contributed by atoms with Crippen molar-refractivity contribution in [2.75, 3.05) is 20.8 Å². The second kappa shape index (κ2) is 9.46. The number of methoxy groups -OCH3 is 2. The number of nitrogens with one attached hydrogen (secondary N) is 1. The van der Waals surface area contributed by atoms with E-state index in [9.17, 15) is 4.79 Å². The van der Waals surface area contributed by atoms with Gasteiger partial charge in [0.15, 0.2) is 6.61 Å². The Morgan fingerprint density at radius 3 is 2.35 bits per heavy atom. The molecule has 0 radical (unpaired) electrons. The molecule has 2 aromatic carbocycles. The Hall–Kier alpha value is -3.02. The molecule has 0 saturated carbocycles. The Morgan fingerprint density at radius 1 is 1.04 bits per heavy atom. The van der Waals surface area contributed by atoms with Crippen molar-refractivity contribution >= 4 is 11.6 Å². The fourth-order valence-electron chi connectivity index (χ4n) is 2.31. The normalized spacial score (nSPS) is 11.0. The molecule has 0 atom stereocenters. The number of ether oxygens (including phenoxy) is 3. The van der Waals surface area contributed by atoms with Gasteiger partial charge in [-0.3, -0.25) is 4.79 Å². The quantitative estimate of drug-likeness (QED) is 0.583. The van der Waals surface area contributed by atoms with E-state index in [0.717, 1.165) is 12.0 Å². The van der Waals surface area contributed by atoms with Crippen LogP contribution in [0.25, 0.3) is 0 Å². The summed E-state index contributed by atoms with van der Waals surface area (Å²) in [5, 5.41) is 4.11. The largest absolute Gasteiger partial charge is 0.497 e. The van der Waals surface area contributed by atoms with Crippen LogP contribution >= 0.6 is 0 Å². The number of rotatable bonds is 8. The summed E-state index contributed by atoms with van der Waals surface area (Å²) in [6, 6.07) is 13.1. The molecule has 0 aliphatic rings. The maximum absolute atomic E-state index is 11.9. The first-order valence-electron chi connectivity index (χ1n) is 8.34. The van der Waals surface area contributed by atoms with Crippen LogP contribution in [0.4, 0.5) is 0 Å². The molecule has 0 heterocycles. The van der Waals surface area contributed by atoms with Crippen LogP contribution < -0.4 is 19.6 Å². The second-order valence-electron chi connectivity index (χ2n) is 5.58. The van der Waals surface area contributed by atoms with Gasteiger partial charge < -0.3 is 14.2 Å². The maximum atomic E-state index is 11.9. The minimum atomic E-state index is -0.337. The Bertz CT molecular complexity index is 770. The summed E-state index contributed by atoms with van der Waals surface area (Å²) < 4.78 is 16.0. The lowest BCUT2D eigenvalue weighted by atomic mass is 10.1. The SMILES string of the molecule is CCc1ccc(OCC(=O)NN=C(C)c2ccc(OC)cc2OC)cc1. The zero-order valence-corrected chi connectivity index (χ0v) is 15.5. The van der Waals surface area contributed by atoms with Gasteiger partial charge in [0.1, 0.15) is 17.2 Å². The molecule has 0 spiro atoms. The number of amides is 1. The van der Waals surface area contributed by atoms with Gasteiger partial charge in [0.2, 0.25) is 0 Å². The summed E-state index contributed by atoms with van der Waals surface area (Å²) in [6.07, 6.45) is 0.962. The lowest BCUT2D eigenvalue weighted by Crippen LogP contribution is -2.25. The average molecular weight is 356 g/mol. The summed E-state index contributed by atoms with van der Waals surface area (Å²) in [7, 11) is 3.16. The third-order valence-corrected chi connectivity index (χ3v) is 3.85. The minimum absolute atomic E-state index is 0.109. The smallest absolute Gasteiger partial charge is 0.277 e. The maximum Gasteiger partial charge on any atom is 0.277 e. The Kier molecular flexibility index (Phi) is 7.02. The van der Waals surface area contributed by atoms with E-state index in [2.05, 4.69) is 17.5 Å². The number of nitrogens with zero attached hydrogens (tertiary/aromatic N) is 1. The van der Waals surface area contributed by atoms with E-state index < -0.39 is 0 Å². The first-order valence-corrected chi connectivity index (χ1v) is 8.34. The van der Waals surface area contributed by atoms with Crippen molar-refractivity contribution < 1.29 is 19.0 Å². The van der Waals surface area contributed by atoms with E-state index in [1.807, 2.05) is 36.4 Å². The molecular formula is C20H24N2O4. The number of hydrazone groups is 1. The molecule has 0 aliphatic heterocycles. The average Bonchev–Trinajstić information content (AvgIpc) is 2.70. The highest BCUT2D eigenvalue weighted by Crippen LogP contribution is 2.25. The molecule has 0 saturated heterocycles. The van der Waals surface area contributed by atoms with Crippen LogP contribution in [0.15, 0.2) is 47.6 Å². The van der Waals surface area contributed by atoms with Gasteiger partial charge in [-0.2, -0.15) is 5.10 Å². The van der Waals surface area contributed by atoms with Crippen LogP contribution in [0.5, 0.6) is 17.2 Å². The van der Waals surface area contributed by atoms with Gasteiger partial charge in [0, 0.05) is 11.6 Å². The predicted octanol–water partition coefficient (Wildman–Crippen LogP) is 3.19. The third kappa shape index (κ3) is 5.24. The van der Waals surface area contributed by atoms with Crippen molar-refractivity contribution in [3.8, 4) is 17.2 Å². The molecule has 2 rings (SSSR count). The van der Waals surface area contributed by atoms with E-state index in [4.69, 9.17) is 14.2 Å². The fourth-order valence-corrected chi connectivity index (χ4v) is 2.31. The number of hydrogen-bond donors (Lipinski definition) is 1. The molecule has 6 nitrogen and oxygen atoms in total. The molecular weight excluding hydrogens is 332 g/mol. The standard InChI is InChI=1S/C20H24N2O4/c1-5-15-6-8-16(9-7-15)26-13-20(23)22-21-14(2)18-11-10-17(24-3)12-19(18)25-4/h6-12H,5,13H2,1-4H3,(H,22,23). The first-order chi connectivity index (χ1) is 12.6. The van der Waals surface area contributed by atoms with Gasteiger partial charge in [0.25, 0.3) is 5.91 Å². The van der Waals surface area contributed by atoms with E-state index >= 15 is 0 Å². The van der Waals surface area contributed by atoms with Crippen molar-refractivity contribution in [1.29, 1.82) is 0 Å². The third-order valence-electron chi connectivity index (χ3n) is 3.85. The number of aryl methyl sites for hydroxylation is 1. The van der Waals surface area contributed by atoms with Crippen molar-refractivity contribution in [2.45, 2.75) is 20.3 Å². The van der Waals surface area contributed by atoms with Gasteiger partial charge in [-0.1, -0.05) is 19.1 Å². The highest BCUT2D eigenvalue weighted by molar-refractivity contribution is 6.01. The molecule has 0 aliphatic carbocycles. The van der Waals surface area contributed by atoms with Crippen molar-refractivity contribution in [1.82, 2.24) is 5.43 Å². The highest BCUT2D eigenvalue weighted by Gasteiger charge is 2.09. The number of carbonyl (C=O) groups excluding carboxylic acids is 1. The molecule has 0 fully saturated rings. The van der Waals surface area contributed by atoms with Crippen molar-refractivity contribution in [3.05, 3.63) is 53.6 Å². The van der Waals surface area contributed by atoms with Gasteiger partial charge in [-0.25, -0.2) is 5.43 Å². The molecule has 0 bridgehead atoms. The zero-order chi connectivity index (χ0) is 18.9. The predicted molar refractivity (Wildman–Crippen MR) is 101 cm³/mol. The molecule has 1 amide bonds. The molecule has 0 aromatic heterocycles. The Balaban J connectivity index is 1.94. The lowest BCUT2D eigenvalue weighted by Gasteiger charge is -2.10.